The highest BCUT2D eigenvalue weighted by atomic mass is 35.5. The van der Waals surface area contributed by atoms with Crippen molar-refractivity contribution in [1.29, 1.82) is 0 Å². The summed E-state index contributed by atoms with van der Waals surface area (Å²) in [7, 11) is 2.13. The molecule has 0 bridgehead atoms. The van der Waals surface area contributed by atoms with Crippen molar-refractivity contribution < 1.29 is 13.2 Å². The number of rotatable bonds is 4. The molecule has 31 heavy (non-hydrogen) atoms. The monoisotopic (exact) mass is 448 g/mol. The number of nitrogens with one attached hydrogen (secondary N) is 1. The fraction of sp³-hybridized carbons (Fsp3) is 0.391. The lowest BCUT2D eigenvalue weighted by molar-refractivity contribution is -0.137. The molecule has 164 valence electrons. The van der Waals surface area contributed by atoms with Crippen LogP contribution in [0.15, 0.2) is 41.5 Å². The lowest BCUT2D eigenvalue weighted by atomic mass is 10.0. The number of aliphatic imine (C=N–C) groups is 1. The van der Waals surface area contributed by atoms with Crippen LogP contribution in [0, 0.1) is 6.92 Å². The van der Waals surface area contributed by atoms with E-state index in [0.29, 0.717) is 23.7 Å². The Hall–Kier alpha value is -2.38. The largest absolute Gasteiger partial charge is 0.417 e. The van der Waals surface area contributed by atoms with Crippen molar-refractivity contribution in [2.45, 2.75) is 38.4 Å². The molecule has 0 aliphatic carbocycles. The van der Waals surface area contributed by atoms with E-state index in [1.54, 1.807) is 6.20 Å². The molecule has 2 aromatic rings. The number of anilines is 1. The van der Waals surface area contributed by atoms with E-state index >= 15 is 0 Å². The minimum Gasteiger partial charge on any atom is -0.367 e. The zero-order valence-corrected chi connectivity index (χ0v) is 18.2. The molecule has 1 aromatic carbocycles. The molecule has 1 fully saturated rings. The van der Waals surface area contributed by atoms with Crippen LogP contribution in [0.3, 0.4) is 0 Å². The number of aromatic nitrogens is 1. The summed E-state index contributed by atoms with van der Waals surface area (Å²) in [6.45, 7) is 4.15. The average molecular weight is 449 g/mol. The van der Waals surface area contributed by atoms with Crippen molar-refractivity contribution >= 4 is 28.7 Å². The van der Waals surface area contributed by atoms with Crippen LogP contribution >= 0.6 is 11.6 Å². The van der Waals surface area contributed by atoms with E-state index < -0.39 is 11.7 Å². The van der Waals surface area contributed by atoms with Gasteiger partial charge in [-0.15, -0.1) is 0 Å². The lowest BCUT2D eigenvalue weighted by Gasteiger charge is -2.30. The molecule has 1 N–H and O–H groups in total. The number of allylic oxidation sites excluding steroid dienone is 1. The van der Waals surface area contributed by atoms with Gasteiger partial charge in [-0.05, 0) is 75.3 Å². The number of likely N-dealkylation sites (tertiary alicyclic amines) is 1. The van der Waals surface area contributed by atoms with Crippen LogP contribution in [0.2, 0.25) is 5.02 Å². The maximum absolute atomic E-state index is 13.0. The van der Waals surface area contributed by atoms with Gasteiger partial charge in [0.25, 0.3) is 0 Å². The van der Waals surface area contributed by atoms with E-state index in [0.717, 1.165) is 54.6 Å². The maximum Gasteiger partial charge on any atom is 0.417 e. The topological polar surface area (TPSA) is 40.5 Å². The lowest BCUT2D eigenvalue weighted by Crippen LogP contribution is -2.36. The minimum absolute atomic E-state index is 0.320. The van der Waals surface area contributed by atoms with Crippen LogP contribution in [0.1, 0.15) is 41.6 Å². The van der Waals surface area contributed by atoms with Crippen LogP contribution in [0.25, 0.3) is 5.57 Å². The quantitative estimate of drug-likeness (QED) is 0.642. The third kappa shape index (κ3) is 5.10. The fourth-order valence-corrected chi connectivity index (χ4v) is 4.24. The molecule has 0 amide bonds. The first kappa shape index (κ1) is 21.8. The smallest absolute Gasteiger partial charge is 0.367 e. The molecule has 0 radical (unpaired) electrons. The van der Waals surface area contributed by atoms with Crippen molar-refractivity contribution in [3.05, 3.63) is 63.9 Å². The average Bonchev–Trinajstić information content (AvgIpc) is 3.19. The molecule has 4 rings (SSSR count). The first-order valence-electron chi connectivity index (χ1n) is 10.3. The molecule has 8 heteroatoms. The number of nitrogens with zero attached hydrogens (tertiary/aromatic N) is 3. The number of hydrogen-bond acceptors (Lipinski definition) is 4. The number of benzene rings is 1. The second-order valence-electron chi connectivity index (χ2n) is 8.24. The van der Waals surface area contributed by atoms with Gasteiger partial charge in [0.1, 0.15) is 5.82 Å². The summed E-state index contributed by atoms with van der Waals surface area (Å²) in [6.07, 6.45) is -0.0921. The number of alkyl halides is 3. The minimum atomic E-state index is -4.47. The van der Waals surface area contributed by atoms with Gasteiger partial charge in [0.05, 0.1) is 22.0 Å². The zero-order chi connectivity index (χ0) is 22.2. The molecule has 4 nitrogen and oxygen atoms in total. The van der Waals surface area contributed by atoms with Gasteiger partial charge in [-0.1, -0.05) is 17.7 Å². The third-order valence-corrected chi connectivity index (χ3v) is 6.02. The Morgan fingerprint density at radius 1 is 1.13 bits per heavy atom. The molecule has 0 atom stereocenters. The van der Waals surface area contributed by atoms with Crippen LogP contribution in [-0.2, 0) is 6.18 Å². The summed E-state index contributed by atoms with van der Waals surface area (Å²) in [6, 6.07) is 8.19. The Balaban J connectivity index is 1.47. The SMILES string of the molecule is Cc1cc(NC2CCN(C)CC2)nc(C2=CN=C(c3ccc(C(F)(F)F)c(Cl)c3)C2)c1. The summed E-state index contributed by atoms with van der Waals surface area (Å²) >= 11 is 5.87. The Labute approximate surface area is 184 Å². The van der Waals surface area contributed by atoms with E-state index in [4.69, 9.17) is 16.6 Å². The molecule has 1 aromatic heterocycles. The second kappa shape index (κ2) is 8.63. The summed E-state index contributed by atoms with van der Waals surface area (Å²) < 4.78 is 38.9. The van der Waals surface area contributed by atoms with Crippen molar-refractivity contribution in [3.63, 3.8) is 0 Å². The van der Waals surface area contributed by atoms with Crippen LogP contribution in [0.5, 0.6) is 0 Å². The van der Waals surface area contributed by atoms with E-state index in [2.05, 4.69) is 22.3 Å². The first-order valence-corrected chi connectivity index (χ1v) is 10.6. The van der Waals surface area contributed by atoms with Crippen LogP contribution < -0.4 is 5.32 Å². The zero-order valence-electron chi connectivity index (χ0n) is 17.4. The van der Waals surface area contributed by atoms with E-state index in [9.17, 15) is 13.2 Å². The Bertz CT molecular complexity index is 1040. The van der Waals surface area contributed by atoms with E-state index in [1.807, 2.05) is 19.1 Å². The Morgan fingerprint density at radius 3 is 2.55 bits per heavy atom. The predicted molar refractivity (Wildman–Crippen MR) is 119 cm³/mol. The molecular formula is C23H24ClF3N4. The van der Waals surface area contributed by atoms with Gasteiger partial charge in [0.2, 0.25) is 0 Å². The van der Waals surface area contributed by atoms with Gasteiger partial charge in [-0.2, -0.15) is 13.2 Å². The fourth-order valence-electron chi connectivity index (χ4n) is 3.95. The summed E-state index contributed by atoms with van der Waals surface area (Å²) in [5.41, 5.74) is 3.27. The molecular weight excluding hydrogens is 425 g/mol. The molecule has 0 unspecified atom stereocenters. The van der Waals surface area contributed by atoms with Crippen LogP contribution in [-0.4, -0.2) is 41.8 Å². The standard InChI is InChI=1S/C23H24ClF3N4/c1-14-9-21(30-22(10-14)29-17-5-7-31(2)8-6-17)16-12-20(28-13-16)15-3-4-18(19(24)11-15)23(25,26)27/h3-4,9-11,13,17H,5-8,12H2,1-2H3,(H,29,30). The Morgan fingerprint density at radius 2 is 1.87 bits per heavy atom. The number of piperidine rings is 1. The highest BCUT2D eigenvalue weighted by Crippen LogP contribution is 2.36. The van der Waals surface area contributed by atoms with Gasteiger partial charge < -0.3 is 10.2 Å². The number of hydrogen-bond donors (Lipinski definition) is 1. The van der Waals surface area contributed by atoms with Gasteiger partial charge in [0, 0.05) is 24.2 Å². The molecule has 0 saturated carbocycles. The third-order valence-electron chi connectivity index (χ3n) is 5.71. The highest BCUT2D eigenvalue weighted by Gasteiger charge is 2.33. The summed E-state index contributed by atoms with van der Waals surface area (Å²) in [4.78, 5) is 11.5. The van der Waals surface area contributed by atoms with Gasteiger partial charge >= 0.3 is 6.18 Å². The summed E-state index contributed by atoms with van der Waals surface area (Å²) in [5, 5.41) is 3.23. The molecule has 2 aliphatic rings. The summed E-state index contributed by atoms with van der Waals surface area (Å²) in [5.74, 6) is 0.844. The van der Waals surface area contributed by atoms with Crippen molar-refractivity contribution in [2.24, 2.45) is 4.99 Å². The number of pyridine rings is 1. The van der Waals surface area contributed by atoms with Gasteiger partial charge in [-0.25, -0.2) is 4.98 Å². The molecule has 3 heterocycles. The maximum atomic E-state index is 13.0. The highest BCUT2D eigenvalue weighted by molar-refractivity contribution is 6.32. The normalized spacial score (nSPS) is 18.1. The van der Waals surface area contributed by atoms with Crippen molar-refractivity contribution in [1.82, 2.24) is 9.88 Å². The first-order chi connectivity index (χ1) is 14.7. The number of halogens is 4. The van der Waals surface area contributed by atoms with Gasteiger partial charge in [-0.3, -0.25) is 4.99 Å². The molecule has 1 saturated heterocycles. The molecule has 2 aliphatic heterocycles. The second-order valence-corrected chi connectivity index (χ2v) is 8.64. The van der Waals surface area contributed by atoms with Crippen LogP contribution in [0.4, 0.5) is 19.0 Å². The molecule has 0 spiro atoms. The van der Waals surface area contributed by atoms with Crippen molar-refractivity contribution in [2.75, 3.05) is 25.5 Å². The Kier molecular flexibility index (Phi) is 6.08. The van der Waals surface area contributed by atoms with Crippen molar-refractivity contribution in [3.8, 4) is 0 Å². The van der Waals surface area contributed by atoms with E-state index in [1.165, 1.54) is 12.1 Å². The predicted octanol–water partition coefficient (Wildman–Crippen LogP) is 5.80. The number of aryl methyl sites for hydroxylation is 1. The van der Waals surface area contributed by atoms with E-state index in [-0.39, 0.29) is 5.02 Å². The van der Waals surface area contributed by atoms with Gasteiger partial charge in [0.15, 0.2) is 0 Å².